The molecule has 1 N–H and O–H groups in total. The van der Waals surface area contributed by atoms with E-state index in [2.05, 4.69) is 5.32 Å². The van der Waals surface area contributed by atoms with Gasteiger partial charge in [0.1, 0.15) is 0 Å². The summed E-state index contributed by atoms with van der Waals surface area (Å²) in [6, 6.07) is 0. The molecule has 2 heteroatoms. The topological polar surface area (TPSA) is 21.3 Å². The molecule has 0 aliphatic carbocycles. The summed E-state index contributed by atoms with van der Waals surface area (Å²) >= 11 is 0. The molecular formula is C8H15NO. The first-order valence-electron chi connectivity index (χ1n) is 4.27. The molecule has 2 rings (SSSR count). The van der Waals surface area contributed by atoms with E-state index >= 15 is 0 Å². The second-order valence-corrected chi connectivity index (χ2v) is 3.38. The molecule has 2 unspecified atom stereocenters. The number of hydrogen-bond acceptors (Lipinski definition) is 2. The maximum Gasteiger partial charge on any atom is 0.0699 e. The van der Waals surface area contributed by atoms with E-state index in [-0.39, 0.29) is 0 Å². The minimum absolute atomic E-state index is 0.521. The summed E-state index contributed by atoms with van der Waals surface area (Å²) < 4.78 is 5.61. The molecule has 2 nitrogen and oxygen atoms in total. The van der Waals surface area contributed by atoms with E-state index < -0.39 is 0 Å². The van der Waals surface area contributed by atoms with Crippen LogP contribution in [0.5, 0.6) is 0 Å². The van der Waals surface area contributed by atoms with Gasteiger partial charge in [0, 0.05) is 13.2 Å². The van der Waals surface area contributed by atoms with Crippen molar-refractivity contribution in [2.75, 3.05) is 19.7 Å². The SMILES string of the molecule is C1CC2CCC(CNC2)O1. The average molecular weight is 141 g/mol. The van der Waals surface area contributed by atoms with Crippen LogP contribution in [-0.2, 0) is 4.74 Å². The van der Waals surface area contributed by atoms with Crippen LogP contribution in [0.15, 0.2) is 0 Å². The first-order chi connectivity index (χ1) is 4.95. The third-order valence-corrected chi connectivity index (χ3v) is 2.58. The van der Waals surface area contributed by atoms with Gasteiger partial charge >= 0.3 is 0 Å². The van der Waals surface area contributed by atoms with Crippen LogP contribution in [0.3, 0.4) is 0 Å². The largest absolute Gasteiger partial charge is 0.377 e. The first kappa shape index (κ1) is 6.62. The van der Waals surface area contributed by atoms with Crippen LogP contribution in [0.25, 0.3) is 0 Å². The Morgan fingerprint density at radius 1 is 1.10 bits per heavy atom. The van der Waals surface area contributed by atoms with Crippen LogP contribution in [-0.4, -0.2) is 25.8 Å². The molecular weight excluding hydrogens is 126 g/mol. The number of nitrogens with one attached hydrogen (secondary N) is 1. The van der Waals surface area contributed by atoms with Gasteiger partial charge in [0.05, 0.1) is 6.10 Å². The maximum absolute atomic E-state index is 5.61. The average Bonchev–Trinajstić information content (AvgIpc) is 2.17. The lowest BCUT2D eigenvalue weighted by Crippen LogP contribution is -2.31. The molecule has 0 amide bonds. The molecule has 0 radical (unpaired) electrons. The Bertz CT molecular complexity index is 93.8. The fraction of sp³-hybridized carbons (Fsp3) is 1.00. The van der Waals surface area contributed by atoms with Crippen LogP contribution in [0, 0.1) is 5.92 Å². The highest BCUT2D eigenvalue weighted by Crippen LogP contribution is 2.21. The van der Waals surface area contributed by atoms with Crippen LogP contribution in [0.4, 0.5) is 0 Å². The Hall–Kier alpha value is -0.0800. The van der Waals surface area contributed by atoms with Gasteiger partial charge in [-0.1, -0.05) is 0 Å². The van der Waals surface area contributed by atoms with Crippen molar-refractivity contribution >= 4 is 0 Å². The van der Waals surface area contributed by atoms with Gasteiger partial charge in [-0.3, -0.25) is 0 Å². The van der Waals surface area contributed by atoms with Crippen LogP contribution in [0.1, 0.15) is 19.3 Å². The van der Waals surface area contributed by atoms with Crippen LogP contribution < -0.4 is 5.32 Å². The van der Waals surface area contributed by atoms with Gasteiger partial charge in [0.2, 0.25) is 0 Å². The molecule has 0 aromatic heterocycles. The molecule has 2 saturated heterocycles. The first-order valence-corrected chi connectivity index (χ1v) is 4.27. The summed E-state index contributed by atoms with van der Waals surface area (Å²) in [7, 11) is 0. The van der Waals surface area contributed by atoms with E-state index in [1.807, 2.05) is 0 Å². The predicted octanol–water partition coefficient (Wildman–Crippen LogP) is 0.775. The zero-order chi connectivity index (χ0) is 6.81. The van der Waals surface area contributed by atoms with E-state index in [9.17, 15) is 0 Å². The van der Waals surface area contributed by atoms with Crippen molar-refractivity contribution in [2.45, 2.75) is 25.4 Å². The van der Waals surface area contributed by atoms with Crippen molar-refractivity contribution < 1.29 is 4.74 Å². The highest BCUT2D eigenvalue weighted by molar-refractivity contribution is 4.76. The van der Waals surface area contributed by atoms with Crippen molar-refractivity contribution in [3.63, 3.8) is 0 Å². The van der Waals surface area contributed by atoms with E-state index in [1.165, 1.54) is 25.8 Å². The Balaban J connectivity index is 2.01. The van der Waals surface area contributed by atoms with Gasteiger partial charge in [-0.25, -0.2) is 0 Å². The molecule has 2 bridgehead atoms. The molecule has 10 heavy (non-hydrogen) atoms. The molecule has 0 aromatic carbocycles. The Labute approximate surface area is 61.9 Å². The van der Waals surface area contributed by atoms with Gasteiger partial charge in [-0.05, 0) is 31.7 Å². The summed E-state index contributed by atoms with van der Waals surface area (Å²) in [6.07, 6.45) is 4.44. The number of ether oxygens (including phenoxy) is 1. The number of fused-ring (bicyclic) bond motifs is 3. The third kappa shape index (κ3) is 1.32. The molecule has 58 valence electrons. The van der Waals surface area contributed by atoms with Gasteiger partial charge in [0.25, 0.3) is 0 Å². The zero-order valence-electron chi connectivity index (χ0n) is 6.31. The lowest BCUT2D eigenvalue weighted by molar-refractivity contribution is 0.0530. The highest BCUT2D eigenvalue weighted by atomic mass is 16.5. The summed E-state index contributed by atoms with van der Waals surface area (Å²) in [5.41, 5.74) is 0. The van der Waals surface area contributed by atoms with Crippen molar-refractivity contribution in [1.82, 2.24) is 5.32 Å². The standard InChI is InChI=1S/C8H15NO/c1-2-8-6-9-5-7(1)3-4-10-8/h7-9H,1-6H2. The van der Waals surface area contributed by atoms with Crippen molar-refractivity contribution in [2.24, 2.45) is 5.92 Å². The van der Waals surface area contributed by atoms with E-state index in [4.69, 9.17) is 4.74 Å². The predicted molar refractivity (Wildman–Crippen MR) is 40.0 cm³/mol. The monoisotopic (exact) mass is 141 g/mol. The summed E-state index contributed by atoms with van der Waals surface area (Å²) in [6.45, 7) is 3.30. The number of rotatable bonds is 0. The second-order valence-electron chi connectivity index (χ2n) is 3.38. The van der Waals surface area contributed by atoms with Crippen LogP contribution >= 0.6 is 0 Å². The van der Waals surface area contributed by atoms with Gasteiger partial charge in [0.15, 0.2) is 0 Å². The van der Waals surface area contributed by atoms with E-state index in [0.29, 0.717) is 6.10 Å². The van der Waals surface area contributed by atoms with Crippen molar-refractivity contribution in [3.05, 3.63) is 0 Å². The quantitative estimate of drug-likeness (QED) is 0.538. The van der Waals surface area contributed by atoms with E-state index in [1.54, 1.807) is 0 Å². The molecule has 2 aliphatic heterocycles. The second kappa shape index (κ2) is 2.89. The molecule has 2 aliphatic rings. The Morgan fingerprint density at radius 2 is 2.10 bits per heavy atom. The molecule has 0 saturated carbocycles. The van der Waals surface area contributed by atoms with Crippen LogP contribution in [0.2, 0.25) is 0 Å². The molecule has 2 atom stereocenters. The smallest absolute Gasteiger partial charge is 0.0699 e. The number of hydrogen-bond donors (Lipinski definition) is 1. The van der Waals surface area contributed by atoms with E-state index in [0.717, 1.165) is 19.1 Å². The summed E-state index contributed by atoms with van der Waals surface area (Å²) in [5.74, 6) is 0.896. The van der Waals surface area contributed by atoms with Gasteiger partial charge < -0.3 is 10.1 Å². The molecule has 0 spiro atoms. The zero-order valence-corrected chi connectivity index (χ0v) is 6.31. The highest BCUT2D eigenvalue weighted by Gasteiger charge is 2.22. The lowest BCUT2D eigenvalue weighted by atomic mass is 10.0. The Kier molecular flexibility index (Phi) is 1.91. The summed E-state index contributed by atoms with van der Waals surface area (Å²) in [5, 5.41) is 3.42. The molecule has 0 aromatic rings. The normalized spacial score (nSPS) is 40.8. The third-order valence-electron chi connectivity index (χ3n) is 2.58. The fourth-order valence-electron chi connectivity index (χ4n) is 1.86. The molecule has 2 fully saturated rings. The molecule has 2 heterocycles. The minimum atomic E-state index is 0.521. The minimum Gasteiger partial charge on any atom is -0.377 e. The van der Waals surface area contributed by atoms with Gasteiger partial charge in [-0.2, -0.15) is 0 Å². The Morgan fingerprint density at radius 3 is 3.10 bits per heavy atom. The summed E-state index contributed by atoms with van der Waals surface area (Å²) in [4.78, 5) is 0. The van der Waals surface area contributed by atoms with Gasteiger partial charge in [-0.15, -0.1) is 0 Å². The van der Waals surface area contributed by atoms with Crippen molar-refractivity contribution in [3.8, 4) is 0 Å². The fourth-order valence-corrected chi connectivity index (χ4v) is 1.86. The maximum atomic E-state index is 5.61. The lowest BCUT2D eigenvalue weighted by Gasteiger charge is -2.17. The van der Waals surface area contributed by atoms with Crippen molar-refractivity contribution in [1.29, 1.82) is 0 Å².